The van der Waals surface area contributed by atoms with Crippen LogP contribution in [-0.4, -0.2) is 45.6 Å². The lowest BCUT2D eigenvalue weighted by Gasteiger charge is -2.20. The van der Waals surface area contributed by atoms with E-state index in [2.05, 4.69) is 15.2 Å². The molecule has 2 atom stereocenters. The summed E-state index contributed by atoms with van der Waals surface area (Å²) >= 11 is 0. The number of β-amino-alcohol motifs (C(OH)–C–C–N with tert-alkyl or cyclic N) is 1. The van der Waals surface area contributed by atoms with Gasteiger partial charge in [0.05, 0.1) is 11.0 Å². The van der Waals surface area contributed by atoms with Gasteiger partial charge in [0.15, 0.2) is 0 Å². The Morgan fingerprint density at radius 2 is 2.12 bits per heavy atom. The maximum atomic E-state index is 10.6. The third-order valence-electron chi connectivity index (χ3n) is 4.20. The lowest BCUT2D eigenvalue weighted by Crippen LogP contribution is -2.30. The number of likely N-dealkylation sites (tertiary alicyclic amines) is 1. The third kappa shape index (κ3) is 4.06. The second-order valence-electron chi connectivity index (χ2n) is 5.97. The van der Waals surface area contributed by atoms with Crippen LogP contribution in [0.15, 0.2) is 48.7 Å². The smallest absolute Gasteiger partial charge is 0.287 e. The molecule has 126 valence electrons. The van der Waals surface area contributed by atoms with Crippen LogP contribution in [0, 0.1) is 10.1 Å². The van der Waals surface area contributed by atoms with Gasteiger partial charge in [-0.15, -0.1) is 0 Å². The number of pyridine rings is 1. The van der Waals surface area contributed by atoms with Gasteiger partial charge in [-0.3, -0.25) is 15.0 Å². The first kappa shape index (κ1) is 16.4. The van der Waals surface area contributed by atoms with Gasteiger partial charge in [-0.2, -0.15) is 0 Å². The number of aromatic nitrogens is 1. The average Bonchev–Trinajstić information content (AvgIpc) is 3.03. The normalized spacial score (nSPS) is 19.1. The summed E-state index contributed by atoms with van der Waals surface area (Å²) in [5.41, 5.74) is 0.908. The lowest BCUT2D eigenvalue weighted by atomic mass is 10.1. The number of hydrogen-bond acceptors (Lipinski definition) is 6. The van der Waals surface area contributed by atoms with E-state index in [1.807, 2.05) is 30.3 Å². The predicted molar refractivity (Wildman–Crippen MR) is 90.8 cm³/mol. The molecular formula is C17H20N4O3. The number of nitrogens with zero attached hydrogens (tertiary/aromatic N) is 3. The Labute approximate surface area is 140 Å². The van der Waals surface area contributed by atoms with Crippen LogP contribution in [0.3, 0.4) is 0 Å². The minimum absolute atomic E-state index is 0.0143. The number of benzene rings is 1. The van der Waals surface area contributed by atoms with Gasteiger partial charge in [0.25, 0.3) is 5.69 Å². The van der Waals surface area contributed by atoms with E-state index < -0.39 is 11.0 Å². The summed E-state index contributed by atoms with van der Waals surface area (Å²) in [6, 6.07) is 12.9. The van der Waals surface area contributed by atoms with Crippen molar-refractivity contribution in [2.24, 2.45) is 0 Å². The van der Waals surface area contributed by atoms with Gasteiger partial charge in [-0.1, -0.05) is 30.3 Å². The molecule has 0 unspecified atom stereocenters. The van der Waals surface area contributed by atoms with E-state index in [0.29, 0.717) is 12.4 Å². The zero-order chi connectivity index (χ0) is 16.9. The molecule has 2 heterocycles. The maximum Gasteiger partial charge on any atom is 0.287 e. The summed E-state index contributed by atoms with van der Waals surface area (Å²) in [7, 11) is 0. The molecule has 1 aliphatic heterocycles. The number of nitrogens with one attached hydrogen (secondary N) is 1. The second kappa shape index (κ2) is 7.37. The molecule has 1 fully saturated rings. The van der Waals surface area contributed by atoms with Crippen molar-refractivity contribution in [1.82, 2.24) is 9.88 Å². The Kier molecular flexibility index (Phi) is 5.02. The average molecular weight is 328 g/mol. The van der Waals surface area contributed by atoms with E-state index in [1.54, 1.807) is 6.07 Å². The van der Waals surface area contributed by atoms with E-state index in [4.69, 9.17) is 0 Å². The minimum atomic E-state index is -0.498. The Hall–Kier alpha value is -2.51. The van der Waals surface area contributed by atoms with Crippen LogP contribution < -0.4 is 5.32 Å². The Morgan fingerprint density at radius 1 is 1.33 bits per heavy atom. The number of hydrogen-bond donors (Lipinski definition) is 2. The lowest BCUT2D eigenvalue weighted by molar-refractivity contribution is -0.385. The van der Waals surface area contributed by atoms with Gasteiger partial charge in [0.1, 0.15) is 12.0 Å². The summed E-state index contributed by atoms with van der Waals surface area (Å²) in [6.45, 7) is 2.30. The van der Waals surface area contributed by atoms with Gasteiger partial charge in [-0.25, -0.2) is 4.98 Å². The number of anilines is 1. The standard InChI is InChI=1S/C17H20N4O3/c22-16(13-4-2-1-3-5-13)12-20-9-8-14(11-20)19-17-7-6-15(10-18-17)21(23)24/h1-7,10,14,16,22H,8-9,11-12H2,(H,18,19)/t14-,16+/m0/s1. The number of rotatable bonds is 6. The molecule has 3 rings (SSSR count). The molecule has 1 saturated heterocycles. The SMILES string of the molecule is O=[N+]([O-])c1ccc(N[C@H]2CCN(C[C@@H](O)c3ccccc3)C2)nc1. The molecule has 7 nitrogen and oxygen atoms in total. The van der Waals surface area contributed by atoms with E-state index >= 15 is 0 Å². The molecule has 7 heteroatoms. The van der Waals surface area contributed by atoms with Crippen LogP contribution >= 0.6 is 0 Å². The molecule has 0 bridgehead atoms. The highest BCUT2D eigenvalue weighted by molar-refractivity contribution is 5.41. The van der Waals surface area contributed by atoms with Crippen LogP contribution in [0.1, 0.15) is 18.1 Å². The van der Waals surface area contributed by atoms with Crippen molar-refractivity contribution in [2.45, 2.75) is 18.6 Å². The fourth-order valence-corrected chi connectivity index (χ4v) is 2.93. The fourth-order valence-electron chi connectivity index (χ4n) is 2.93. The van der Waals surface area contributed by atoms with Crippen molar-refractivity contribution < 1.29 is 10.0 Å². The second-order valence-corrected chi connectivity index (χ2v) is 5.97. The van der Waals surface area contributed by atoms with Crippen molar-refractivity contribution in [3.05, 3.63) is 64.3 Å². The van der Waals surface area contributed by atoms with Gasteiger partial charge in [0.2, 0.25) is 0 Å². The molecule has 24 heavy (non-hydrogen) atoms. The Balaban J connectivity index is 1.51. The van der Waals surface area contributed by atoms with E-state index in [1.165, 1.54) is 12.3 Å². The molecule has 2 N–H and O–H groups in total. The van der Waals surface area contributed by atoms with Crippen LogP contribution in [0.2, 0.25) is 0 Å². The number of aliphatic hydroxyl groups is 1. The van der Waals surface area contributed by atoms with Crippen molar-refractivity contribution in [3.8, 4) is 0 Å². The van der Waals surface area contributed by atoms with E-state index in [0.717, 1.165) is 25.1 Å². The van der Waals surface area contributed by atoms with E-state index in [-0.39, 0.29) is 11.7 Å². The highest BCUT2D eigenvalue weighted by atomic mass is 16.6. The first-order valence-corrected chi connectivity index (χ1v) is 7.94. The summed E-state index contributed by atoms with van der Waals surface area (Å²) in [5, 5.41) is 24.2. The molecule has 0 saturated carbocycles. The highest BCUT2D eigenvalue weighted by Gasteiger charge is 2.24. The molecule has 2 aromatic rings. The van der Waals surface area contributed by atoms with Crippen molar-refractivity contribution in [2.75, 3.05) is 25.0 Å². The van der Waals surface area contributed by atoms with E-state index in [9.17, 15) is 15.2 Å². The summed E-state index contributed by atoms with van der Waals surface area (Å²) < 4.78 is 0. The Morgan fingerprint density at radius 3 is 2.79 bits per heavy atom. The van der Waals surface area contributed by atoms with Gasteiger partial charge < -0.3 is 10.4 Å². The topological polar surface area (TPSA) is 91.5 Å². The summed E-state index contributed by atoms with van der Waals surface area (Å²) in [5.74, 6) is 0.635. The molecule has 1 aromatic heterocycles. The van der Waals surface area contributed by atoms with Crippen LogP contribution in [0.5, 0.6) is 0 Å². The highest BCUT2D eigenvalue weighted by Crippen LogP contribution is 2.20. The monoisotopic (exact) mass is 328 g/mol. The summed E-state index contributed by atoms with van der Waals surface area (Å²) in [4.78, 5) is 16.5. The molecule has 0 amide bonds. The van der Waals surface area contributed by atoms with Crippen LogP contribution in [0.25, 0.3) is 0 Å². The van der Waals surface area contributed by atoms with Gasteiger partial charge >= 0.3 is 0 Å². The number of nitro groups is 1. The first-order chi connectivity index (χ1) is 11.6. The first-order valence-electron chi connectivity index (χ1n) is 7.94. The maximum absolute atomic E-state index is 10.6. The van der Waals surface area contributed by atoms with Gasteiger partial charge in [-0.05, 0) is 18.1 Å². The fraction of sp³-hybridized carbons (Fsp3) is 0.353. The largest absolute Gasteiger partial charge is 0.387 e. The van der Waals surface area contributed by atoms with Crippen LogP contribution in [-0.2, 0) is 0 Å². The molecule has 0 radical (unpaired) electrons. The summed E-state index contributed by atoms with van der Waals surface area (Å²) in [6.07, 6.45) is 1.71. The molecule has 0 spiro atoms. The zero-order valence-corrected chi connectivity index (χ0v) is 13.2. The van der Waals surface area contributed by atoms with Gasteiger partial charge in [0, 0.05) is 31.7 Å². The quantitative estimate of drug-likeness (QED) is 0.624. The van der Waals surface area contributed by atoms with Crippen molar-refractivity contribution in [3.63, 3.8) is 0 Å². The van der Waals surface area contributed by atoms with Crippen molar-refractivity contribution >= 4 is 11.5 Å². The zero-order valence-electron chi connectivity index (χ0n) is 13.2. The predicted octanol–water partition coefficient (Wildman–Crippen LogP) is 2.21. The van der Waals surface area contributed by atoms with Crippen molar-refractivity contribution in [1.29, 1.82) is 0 Å². The third-order valence-corrected chi connectivity index (χ3v) is 4.20. The molecular weight excluding hydrogens is 308 g/mol. The molecule has 0 aliphatic carbocycles. The number of aliphatic hydroxyl groups excluding tert-OH is 1. The van der Waals surface area contributed by atoms with Crippen LogP contribution in [0.4, 0.5) is 11.5 Å². The molecule has 1 aliphatic rings. The Bertz CT molecular complexity index is 678. The molecule has 1 aromatic carbocycles. The minimum Gasteiger partial charge on any atom is -0.387 e.